The van der Waals surface area contributed by atoms with Crippen molar-refractivity contribution in [1.82, 2.24) is 9.88 Å². The Morgan fingerprint density at radius 1 is 1.17 bits per heavy atom. The average molecular weight is 427 g/mol. The van der Waals surface area contributed by atoms with Crippen LogP contribution in [0.1, 0.15) is 46.4 Å². The zero-order valence-corrected chi connectivity index (χ0v) is 18.0. The quantitative estimate of drug-likeness (QED) is 0.601. The molecule has 6 nitrogen and oxygen atoms in total. The van der Waals surface area contributed by atoms with Gasteiger partial charge in [0, 0.05) is 41.9 Å². The number of aryl methyl sites for hydroxylation is 1. The third kappa shape index (κ3) is 4.00. The SMILES string of the molecule is Cc1ccc(Cn2c(C(=O)O)c(CNC3CCC3)c3cc(S(C)(=O)=O)ccc32)cc1. The highest BCUT2D eigenvalue weighted by Crippen LogP contribution is 2.31. The molecule has 1 saturated carbocycles. The number of fused-ring (bicyclic) bond motifs is 1. The average Bonchev–Trinajstić information content (AvgIpc) is 2.95. The number of nitrogens with one attached hydrogen (secondary N) is 1. The van der Waals surface area contributed by atoms with Gasteiger partial charge in [0.2, 0.25) is 0 Å². The van der Waals surface area contributed by atoms with Gasteiger partial charge in [0.05, 0.1) is 4.90 Å². The number of carboxylic acid groups (broad SMARTS) is 1. The van der Waals surface area contributed by atoms with Gasteiger partial charge in [0.1, 0.15) is 5.69 Å². The van der Waals surface area contributed by atoms with Crippen LogP contribution in [0.4, 0.5) is 0 Å². The van der Waals surface area contributed by atoms with Crippen molar-refractivity contribution in [2.24, 2.45) is 0 Å². The summed E-state index contributed by atoms with van der Waals surface area (Å²) >= 11 is 0. The van der Waals surface area contributed by atoms with Crippen LogP contribution in [-0.2, 0) is 22.9 Å². The number of aromatic carboxylic acids is 1. The van der Waals surface area contributed by atoms with Crippen LogP contribution < -0.4 is 5.32 Å². The van der Waals surface area contributed by atoms with Gasteiger partial charge < -0.3 is 15.0 Å². The van der Waals surface area contributed by atoms with Crippen molar-refractivity contribution in [3.63, 3.8) is 0 Å². The molecule has 0 atom stereocenters. The van der Waals surface area contributed by atoms with Crippen molar-refractivity contribution >= 4 is 26.7 Å². The molecule has 0 bridgehead atoms. The summed E-state index contributed by atoms with van der Waals surface area (Å²) in [6.45, 7) is 2.81. The Bertz CT molecular complexity index is 1210. The summed E-state index contributed by atoms with van der Waals surface area (Å²) in [6.07, 6.45) is 4.51. The maximum absolute atomic E-state index is 12.3. The van der Waals surface area contributed by atoms with Crippen molar-refractivity contribution in [3.05, 3.63) is 64.8 Å². The summed E-state index contributed by atoms with van der Waals surface area (Å²) in [5.41, 5.74) is 3.71. The molecule has 0 unspecified atom stereocenters. The molecule has 1 aliphatic carbocycles. The monoisotopic (exact) mass is 426 g/mol. The first kappa shape index (κ1) is 20.6. The molecule has 3 aromatic rings. The van der Waals surface area contributed by atoms with E-state index < -0.39 is 15.8 Å². The van der Waals surface area contributed by atoms with E-state index in [1.807, 2.05) is 31.2 Å². The van der Waals surface area contributed by atoms with E-state index in [2.05, 4.69) is 5.32 Å². The molecule has 0 spiro atoms. The molecule has 158 valence electrons. The molecule has 7 heteroatoms. The van der Waals surface area contributed by atoms with Crippen molar-refractivity contribution in [2.75, 3.05) is 6.26 Å². The molecule has 0 radical (unpaired) electrons. The van der Waals surface area contributed by atoms with Gasteiger partial charge in [-0.3, -0.25) is 0 Å². The number of rotatable bonds is 7. The van der Waals surface area contributed by atoms with E-state index in [0.717, 1.165) is 29.5 Å². The summed E-state index contributed by atoms with van der Waals surface area (Å²) in [7, 11) is -3.40. The Kier molecular flexibility index (Phi) is 5.42. The van der Waals surface area contributed by atoms with E-state index in [4.69, 9.17) is 0 Å². The van der Waals surface area contributed by atoms with E-state index in [0.29, 0.717) is 30.1 Å². The summed E-state index contributed by atoms with van der Waals surface area (Å²) in [5.74, 6) is -1.01. The molecule has 2 N–H and O–H groups in total. The minimum atomic E-state index is -3.40. The predicted octanol–water partition coefficient (Wildman–Crippen LogP) is 3.74. The molecule has 0 amide bonds. The zero-order valence-electron chi connectivity index (χ0n) is 17.2. The number of nitrogens with zero attached hydrogens (tertiary/aromatic N) is 1. The van der Waals surface area contributed by atoms with Crippen molar-refractivity contribution in [1.29, 1.82) is 0 Å². The third-order valence-electron chi connectivity index (χ3n) is 5.90. The van der Waals surface area contributed by atoms with Crippen LogP contribution in [0.15, 0.2) is 47.4 Å². The lowest BCUT2D eigenvalue weighted by Crippen LogP contribution is -2.34. The number of benzene rings is 2. The molecule has 1 aliphatic rings. The first-order chi connectivity index (χ1) is 14.2. The van der Waals surface area contributed by atoms with Gasteiger partial charge >= 0.3 is 5.97 Å². The molecule has 4 rings (SSSR count). The van der Waals surface area contributed by atoms with Crippen LogP contribution in [-0.4, -0.2) is 36.4 Å². The smallest absolute Gasteiger partial charge is 0.352 e. The van der Waals surface area contributed by atoms with Crippen molar-refractivity contribution in [2.45, 2.75) is 50.2 Å². The van der Waals surface area contributed by atoms with Gasteiger partial charge in [-0.15, -0.1) is 0 Å². The number of hydrogen-bond acceptors (Lipinski definition) is 4. The second kappa shape index (κ2) is 7.89. The highest BCUT2D eigenvalue weighted by molar-refractivity contribution is 7.90. The van der Waals surface area contributed by atoms with Gasteiger partial charge in [-0.2, -0.15) is 0 Å². The number of sulfone groups is 1. The lowest BCUT2D eigenvalue weighted by atomic mass is 9.93. The number of carbonyl (C=O) groups is 1. The van der Waals surface area contributed by atoms with Crippen molar-refractivity contribution < 1.29 is 18.3 Å². The van der Waals surface area contributed by atoms with Gasteiger partial charge in [-0.05, 0) is 43.5 Å². The lowest BCUT2D eigenvalue weighted by Gasteiger charge is -2.26. The van der Waals surface area contributed by atoms with Gasteiger partial charge in [-0.1, -0.05) is 36.2 Å². The molecular weight excluding hydrogens is 400 g/mol. The van der Waals surface area contributed by atoms with Crippen LogP contribution in [0.5, 0.6) is 0 Å². The molecule has 0 saturated heterocycles. The third-order valence-corrected chi connectivity index (χ3v) is 7.01. The molecule has 2 aromatic carbocycles. The van der Waals surface area contributed by atoms with Gasteiger partial charge in [0.25, 0.3) is 0 Å². The fourth-order valence-corrected chi connectivity index (χ4v) is 4.60. The van der Waals surface area contributed by atoms with Crippen LogP contribution in [0.25, 0.3) is 10.9 Å². The fraction of sp³-hybridized carbons (Fsp3) is 0.348. The summed E-state index contributed by atoms with van der Waals surface area (Å²) in [6, 6.07) is 13.3. The van der Waals surface area contributed by atoms with E-state index in [-0.39, 0.29) is 10.6 Å². The first-order valence-electron chi connectivity index (χ1n) is 10.1. The molecule has 0 aliphatic heterocycles. The van der Waals surface area contributed by atoms with E-state index in [1.54, 1.807) is 22.8 Å². The maximum Gasteiger partial charge on any atom is 0.352 e. The molecule has 1 aromatic heterocycles. The van der Waals surface area contributed by atoms with E-state index in [1.165, 1.54) is 12.7 Å². The fourth-order valence-electron chi connectivity index (χ4n) is 3.96. The number of aromatic nitrogens is 1. The highest BCUT2D eigenvalue weighted by Gasteiger charge is 2.25. The second-order valence-electron chi connectivity index (χ2n) is 8.16. The summed E-state index contributed by atoms with van der Waals surface area (Å²) in [4.78, 5) is 12.5. The normalized spacial score (nSPS) is 14.7. The summed E-state index contributed by atoms with van der Waals surface area (Å²) < 4.78 is 26.0. The Hall–Kier alpha value is -2.64. The van der Waals surface area contributed by atoms with Crippen LogP contribution in [0.2, 0.25) is 0 Å². The topological polar surface area (TPSA) is 88.4 Å². The van der Waals surface area contributed by atoms with E-state index >= 15 is 0 Å². The predicted molar refractivity (Wildman–Crippen MR) is 117 cm³/mol. The first-order valence-corrected chi connectivity index (χ1v) is 12.0. The molecule has 1 fully saturated rings. The van der Waals surface area contributed by atoms with Crippen molar-refractivity contribution in [3.8, 4) is 0 Å². The largest absolute Gasteiger partial charge is 0.477 e. The number of hydrogen-bond donors (Lipinski definition) is 2. The van der Waals surface area contributed by atoms with Gasteiger partial charge in [-0.25, -0.2) is 13.2 Å². The maximum atomic E-state index is 12.3. The Morgan fingerprint density at radius 2 is 1.87 bits per heavy atom. The Labute approximate surface area is 176 Å². The second-order valence-corrected chi connectivity index (χ2v) is 10.2. The Balaban J connectivity index is 1.88. The summed E-state index contributed by atoms with van der Waals surface area (Å²) in [5, 5.41) is 14.2. The highest BCUT2D eigenvalue weighted by atomic mass is 32.2. The number of carboxylic acids is 1. The van der Waals surface area contributed by atoms with E-state index in [9.17, 15) is 18.3 Å². The lowest BCUT2D eigenvalue weighted by molar-refractivity contribution is 0.0684. The minimum absolute atomic E-state index is 0.198. The Morgan fingerprint density at radius 3 is 2.43 bits per heavy atom. The van der Waals surface area contributed by atoms with Crippen LogP contribution in [0, 0.1) is 6.92 Å². The van der Waals surface area contributed by atoms with Gasteiger partial charge in [0.15, 0.2) is 9.84 Å². The standard InChI is InChI=1S/C23H26N2O4S/c1-15-6-8-16(9-7-15)14-25-21-11-10-18(30(2,28)29)12-19(21)20(22(25)23(26)27)13-24-17-4-3-5-17/h6-12,17,24H,3-5,13-14H2,1-2H3,(H,26,27). The molecule has 1 heterocycles. The zero-order chi connectivity index (χ0) is 21.5. The molecular formula is C23H26N2O4S. The molecule has 30 heavy (non-hydrogen) atoms. The van der Waals surface area contributed by atoms with Crippen LogP contribution in [0.3, 0.4) is 0 Å². The minimum Gasteiger partial charge on any atom is -0.477 e. The van der Waals surface area contributed by atoms with Crippen LogP contribution >= 0.6 is 0 Å².